The predicted octanol–water partition coefficient (Wildman–Crippen LogP) is 2.45. The molecule has 0 saturated carbocycles. The Kier molecular flexibility index (Phi) is 4.42. The van der Waals surface area contributed by atoms with Gasteiger partial charge in [-0.25, -0.2) is 0 Å². The second-order valence-corrected chi connectivity index (χ2v) is 5.47. The second kappa shape index (κ2) is 5.37. The Balaban J connectivity index is 2.78. The fourth-order valence-corrected chi connectivity index (χ4v) is 2.36. The van der Waals surface area contributed by atoms with Gasteiger partial charge in [0.05, 0.1) is 15.0 Å². The topological polar surface area (TPSA) is 20.3 Å². The molecular weight excluding hydrogens is 309 g/mol. The van der Waals surface area contributed by atoms with E-state index in [9.17, 15) is 4.79 Å². The lowest BCUT2D eigenvalue weighted by atomic mass is 10.3. The molecule has 0 atom stereocenters. The Labute approximate surface area is 101 Å². The van der Waals surface area contributed by atoms with Gasteiger partial charge in [0.2, 0.25) is 0 Å². The number of halogens is 1. The highest BCUT2D eigenvalue weighted by molar-refractivity contribution is 14.1. The van der Waals surface area contributed by atoms with Crippen molar-refractivity contribution < 1.29 is 4.79 Å². The molecule has 0 aliphatic rings. The number of thiophene rings is 1. The fraction of sp³-hybridized carbons (Fsp3) is 0.300. The highest BCUT2D eigenvalue weighted by Crippen LogP contribution is 2.17. The lowest BCUT2D eigenvalue weighted by molar-refractivity contribution is 0.0785. The molecule has 0 aliphatic heterocycles. The number of carbonyl (C=O) groups excluding carboxylic acids is 1. The summed E-state index contributed by atoms with van der Waals surface area (Å²) < 4.78 is 1.11. The molecule has 74 valence electrons. The quantitative estimate of drug-likeness (QED) is 0.619. The average molecular weight is 319 g/mol. The first-order chi connectivity index (χ1) is 6.69. The summed E-state index contributed by atoms with van der Waals surface area (Å²) in [6.45, 7) is 2.95. The maximum absolute atomic E-state index is 11.8. The van der Waals surface area contributed by atoms with E-state index in [1.807, 2.05) is 18.4 Å². The molecule has 1 aromatic rings. The van der Waals surface area contributed by atoms with Crippen molar-refractivity contribution in [2.75, 3.05) is 13.1 Å². The molecule has 0 unspecified atom stereocenters. The highest BCUT2D eigenvalue weighted by Gasteiger charge is 2.13. The molecule has 1 heterocycles. The number of nitrogens with zero attached hydrogens (tertiary/aromatic N) is 1. The maximum atomic E-state index is 11.8. The lowest BCUT2D eigenvalue weighted by Crippen LogP contribution is -2.30. The average Bonchev–Trinajstić information content (AvgIpc) is 2.60. The van der Waals surface area contributed by atoms with Crippen LogP contribution in [-0.4, -0.2) is 23.9 Å². The maximum Gasteiger partial charge on any atom is 0.255 e. The van der Waals surface area contributed by atoms with Gasteiger partial charge in [0.25, 0.3) is 5.91 Å². The molecule has 14 heavy (non-hydrogen) atoms. The van der Waals surface area contributed by atoms with Gasteiger partial charge in [0.15, 0.2) is 0 Å². The van der Waals surface area contributed by atoms with Crippen molar-refractivity contribution in [2.45, 2.75) is 6.92 Å². The van der Waals surface area contributed by atoms with Crippen molar-refractivity contribution in [3.63, 3.8) is 0 Å². The van der Waals surface area contributed by atoms with E-state index in [1.165, 1.54) is 0 Å². The van der Waals surface area contributed by atoms with Crippen LogP contribution in [0.25, 0.3) is 0 Å². The summed E-state index contributed by atoms with van der Waals surface area (Å²) in [7, 11) is 0. The van der Waals surface area contributed by atoms with E-state index >= 15 is 0 Å². The lowest BCUT2D eigenvalue weighted by Gasteiger charge is -2.16. The summed E-state index contributed by atoms with van der Waals surface area (Å²) in [4.78, 5) is 13.5. The Morgan fingerprint density at radius 1 is 1.79 bits per heavy atom. The van der Waals surface area contributed by atoms with Crippen LogP contribution in [0.4, 0.5) is 0 Å². The zero-order chi connectivity index (χ0) is 10.6. The molecule has 0 radical (unpaired) electrons. The standard InChI is InChI=1S/C10H10INOS/c1-3-5-12(4-2)10(13)8-6-9(11)14-7-8/h1,6-7H,4-5H2,2H3. The Bertz CT molecular complexity index is 366. The third kappa shape index (κ3) is 2.72. The first-order valence-electron chi connectivity index (χ1n) is 4.15. The van der Waals surface area contributed by atoms with Gasteiger partial charge in [-0.15, -0.1) is 17.8 Å². The molecule has 0 bridgehead atoms. The van der Waals surface area contributed by atoms with Gasteiger partial charge in [0.1, 0.15) is 0 Å². The van der Waals surface area contributed by atoms with Crippen LogP contribution in [0.1, 0.15) is 17.3 Å². The molecular formula is C10H10INOS. The zero-order valence-electron chi connectivity index (χ0n) is 7.79. The normalized spacial score (nSPS) is 9.50. The van der Waals surface area contributed by atoms with E-state index < -0.39 is 0 Å². The minimum atomic E-state index is 0.0182. The van der Waals surface area contributed by atoms with Gasteiger partial charge >= 0.3 is 0 Å². The van der Waals surface area contributed by atoms with Crippen molar-refractivity contribution in [1.82, 2.24) is 4.90 Å². The van der Waals surface area contributed by atoms with E-state index in [-0.39, 0.29) is 5.91 Å². The number of rotatable bonds is 3. The second-order valence-electron chi connectivity index (χ2n) is 2.66. The molecule has 0 spiro atoms. The van der Waals surface area contributed by atoms with Crippen LogP contribution < -0.4 is 0 Å². The van der Waals surface area contributed by atoms with Gasteiger partial charge in [-0.3, -0.25) is 4.79 Å². The smallest absolute Gasteiger partial charge is 0.255 e. The Hall–Kier alpha value is -0.540. The minimum absolute atomic E-state index is 0.0182. The van der Waals surface area contributed by atoms with E-state index in [1.54, 1.807) is 16.2 Å². The Morgan fingerprint density at radius 3 is 2.93 bits per heavy atom. The van der Waals surface area contributed by atoms with Crippen LogP contribution in [0.15, 0.2) is 11.4 Å². The van der Waals surface area contributed by atoms with Gasteiger partial charge in [-0.1, -0.05) is 5.92 Å². The van der Waals surface area contributed by atoms with Crippen molar-refractivity contribution in [1.29, 1.82) is 0 Å². The van der Waals surface area contributed by atoms with Crippen molar-refractivity contribution in [3.05, 3.63) is 19.9 Å². The van der Waals surface area contributed by atoms with E-state index in [0.717, 1.165) is 8.45 Å². The van der Waals surface area contributed by atoms with Crippen LogP contribution in [0.3, 0.4) is 0 Å². The fourth-order valence-electron chi connectivity index (χ4n) is 1.04. The van der Waals surface area contributed by atoms with E-state index in [0.29, 0.717) is 13.1 Å². The van der Waals surface area contributed by atoms with Gasteiger partial charge < -0.3 is 4.90 Å². The van der Waals surface area contributed by atoms with Gasteiger partial charge in [-0.05, 0) is 35.6 Å². The molecule has 2 nitrogen and oxygen atoms in total. The number of carbonyl (C=O) groups is 1. The first kappa shape index (κ1) is 11.5. The third-order valence-electron chi connectivity index (χ3n) is 1.77. The van der Waals surface area contributed by atoms with Crippen LogP contribution >= 0.6 is 33.9 Å². The monoisotopic (exact) mass is 319 g/mol. The minimum Gasteiger partial charge on any atom is -0.328 e. The third-order valence-corrected chi connectivity index (χ3v) is 3.55. The summed E-state index contributed by atoms with van der Waals surface area (Å²) in [5.74, 6) is 2.50. The van der Waals surface area contributed by atoms with Crippen molar-refractivity contribution in [2.24, 2.45) is 0 Å². The van der Waals surface area contributed by atoms with Crippen LogP contribution in [0.5, 0.6) is 0 Å². The van der Waals surface area contributed by atoms with Gasteiger partial charge in [-0.2, -0.15) is 0 Å². The largest absolute Gasteiger partial charge is 0.328 e. The van der Waals surface area contributed by atoms with Crippen molar-refractivity contribution >= 4 is 39.8 Å². The van der Waals surface area contributed by atoms with Crippen molar-refractivity contribution in [3.8, 4) is 12.3 Å². The molecule has 4 heteroatoms. The molecule has 0 saturated heterocycles. The van der Waals surface area contributed by atoms with Crippen LogP contribution in [-0.2, 0) is 0 Å². The molecule has 0 aromatic carbocycles. The summed E-state index contributed by atoms with van der Waals surface area (Å²) >= 11 is 3.76. The predicted molar refractivity (Wildman–Crippen MR) is 67.4 cm³/mol. The number of terminal acetylenes is 1. The highest BCUT2D eigenvalue weighted by atomic mass is 127. The number of hydrogen-bond donors (Lipinski definition) is 0. The van der Waals surface area contributed by atoms with E-state index in [2.05, 4.69) is 28.5 Å². The molecule has 0 aliphatic carbocycles. The summed E-state index contributed by atoms with van der Waals surface area (Å²) in [5.41, 5.74) is 0.733. The molecule has 0 N–H and O–H groups in total. The first-order valence-corrected chi connectivity index (χ1v) is 6.11. The molecule has 0 fully saturated rings. The zero-order valence-corrected chi connectivity index (χ0v) is 10.8. The summed E-state index contributed by atoms with van der Waals surface area (Å²) in [6, 6.07) is 1.88. The molecule has 1 aromatic heterocycles. The van der Waals surface area contributed by atoms with Gasteiger partial charge in [0, 0.05) is 11.9 Å². The number of amides is 1. The number of hydrogen-bond acceptors (Lipinski definition) is 2. The Morgan fingerprint density at radius 2 is 2.50 bits per heavy atom. The van der Waals surface area contributed by atoms with Crippen LogP contribution in [0, 0.1) is 15.2 Å². The SMILES string of the molecule is C#CCN(CC)C(=O)c1csc(I)c1. The van der Waals surface area contributed by atoms with E-state index in [4.69, 9.17) is 6.42 Å². The summed E-state index contributed by atoms with van der Waals surface area (Å²) in [6.07, 6.45) is 5.18. The summed E-state index contributed by atoms with van der Waals surface area (Å²) in [5, 5.41) is 1.86. The van der Waals surface area contributed by atoms with Crippen LogP contribution in [0.2, 0.25) is 0 Å². The molecule has 1 rings (SSSR count). The molecule has 1 amide bonds.